The van der Waals surface area contributed by atoms with E-state index in [1.165, 1.54) is 89.0 Å². The monoisotopic (exact) mass is 373 g/mol. The Hall–Kier alpha value is -1.31. The van der Waals surface area contributed by atoms with Crippen molar-refractivity contribution in [2.24, 2.45) is 11.7 Å². The number of amides is 1. The highest BCUT2D eigenvalue weighted by Crippen LogP contribution is 2.18. The molecule has 1 atom stereocenters. The third kappa shape index (κ3) is 13.5. The lowest BCUT2D eigenvalue weighted by atomic mass is 9.93. The zero-order valence-corrected chi connectivity index (χ0v) is 17.8. The molecule has 0 aliphatic carbocycles. The van der Waals surface area contributed by atoms with E-state index in [1.807, 2.05) is 18.2 Å². The van der Waals surface area contributed by atoms with Gasteiger partial charge in [-0.3, -0.25) is 4.79 Å². The summed E-state index contributed by atoms with van der Waals surface area (Å²) in [7, 11) is 0. The minimum atomic E-state index is -0.145. The number of primary amides is 1. The molecule has 0 saturated heterocycles. The van der Waals surface area contributed by atoms with Crippen molar-refractivity contribution >= 4 is 5.91 Å². The Morgan fingerprint density at radius 1 is 0.741 bits per heavy atom. The summed E-state index contributed by atoms with van der Waals surface area (Å²) in [5, 5.41) is 0. The van der Waals surface area contributed by atoms with Crippen LogP contribution in [-0.2, 0) is 11.2 Å². The molecule has 0 aromatic heterocycles. The summed E-state index contributed by atoms with van der Waals surface area (Å²) < 4.78 is 0. The molecule has 0 radical (unpaired) electrons. The molecular formula is C25H43NO. The summed E-state index contributed by atoms with van der Waals surface area (Å²) in [5.41, 5.74) is 6.81. The zero-order valence-electron chi connectivity index (χ0n) is 17.8. The number of carbonyl (C=O) groups is 1. The van der Waals surface area contributed by atoms with Gasteiger partial charge in [0.2, 0.25) is 5.91 Å². The standard InChI is InChI=1S/C25H43NO/c1-2-3-4-5-6-7-8-9-10-11-12-13-14-18-21-24(25(26)27)22-23-19-16-15-17-20-23/h15-17,19-20,24H,2-14,18,21-22H2,1H3,(H2,26,27). The predicted molar refractivity (Wildman–Crippen MR) is 118 cm³/mol. The van der Waals surface area contributed by atoms with E-state index in [0.717, 1.165) is 19.3 Å². The fourth-order valence-corrected chi connectivity index (χ4v) is 3.83. The molecule has 0 fully saturated rings. The van der Waals surface area contributed by atoms with Crippen molar-refractivity contribution in [2.45, 2.75) is 110 Å². The van der Waals surface area contributed by atoms with Gasteiger partial charge < -0.3 is 5.73 Å². The third-order valence-electron chi connectivity index (χ3n) is 5.63. The normalized spacial score (nSPS) is 12.2. The average Bonchev–Trinajstić information content (AvgIpc) is 2.68. The van der Waals surface area contributed by atoms with Crippen molar-refractivity contribution < 1.29 is 4.79 Å². The number of unbranched alkanes of at least 4 members (excludes halogenated alkanes) is 13. The summed E-state index contributed by atoms with van der Waals surface area (Å²) in [6.45, 7) is 2.28. The maximum absolute atomic E-state index is 11.7. The summed E-state index contributed by atoms with van der Waals surface area (Å²) in [6, 6.07) is 10.2. The van der Waals surface area contributed by atoms with Crippen LogP contribution in [0.15, 0.2) is 30.3 Å². The van der Waals surface area contributed by atoms with Gasteiger partial charge in [0.25, 0.3) is 0 Å². The smallest absolute Gasteiger partial charge is 0.220 e. The van der Waals surface area contributed by atoms with E-state index in [1.54, 1.807) is 0 Å². The Morgan fingerprint density at radius 3 is 1.63 bits per heavy atom. The van der Waals surface area contributed by atoms with Crippen molar-refractivity contribution in [3.05, 3.63) is 35.9 Å². The Bertz CT molecular complexity index is 457. The quantitative estimate of drug-likeness (QED) is 0.272. The Balaban J connectivity index is 1.93. The molecule has 2 heteroatoms. The molecule has 2 N–H and O–H groups in total. The summed E-state index contributed by atoms with van der Waals surface area (Å²) in [4.78, 5) is 11.7. The molecule has 0 aliphatic rings. The van der Waals surface area contributed by atoms with Gasteiger partial charge in [-0.1, -0.05) is 127 Å². The first kappa shape index (κ1) is 23.7. The van der Waals surface area contributed by atoms with Crippen LogP contribution in [0.1, 0.15) is 109 Å². The Morgan fingerprint density at radius 2 is 1.19 bits per heavy atom. The second-order valence-corrected chi connectivity index (χ2v) is 8.17. The lowest BCUT2D eigenvalue weighted by Gasteiger charge is -2.13. The second kappa shape index (κ2) is 16.8. The fourth-order valence-electron chi connectivity index (χ4n) is 3.83. The molecule has 1 rings (SSSR count). The predicted octanol–water partition coefficient (Wildman–Crippen LogP) is 7.20. The first-order valence-corrected chi connectivity index (χ1v) is 11.6. The number of benzene rings is 1. The minimum absolute atomic E-state index is 0.00951. The van der Waals surface area contributed by atoms with Crippen molar-refractivity contribution in [2.75, 3.05) is 0 Å². The van der Waals surface area contributed by atoms with E-state index in [-0.39, 0.29) is 11.8 Å². The van der Waals surface area contributed by atoms with E-state index < -0.39 is 0 Å². The molecule has 0 aliphatic heterocycles. The molecule has 1 unspecified atom stereocenters. The SMILES string of the molecule is CCCCCCCCCCCCCCCCC(Cc1ccccc1)C(N)=O. The third-order valence-corrected chi connectivity index (χ3v) is 5.63. The first-order valence-electron chi connectivity index (χ1n) is 11.6. The van der Waals surface area contributed by atoms with Crippen LogP contribution in [0.5, 0.6) is 0 Å². The van der Waals surface area contributed by atoms with Crippen LogP contribution in [0.2, 0.25) is 0 Å². The molecular weight excluding hydrogens is 330 g/mol. The molecule has 0 spiro atoms. The molecule has 0 bridgehead atoms. The van der Waals surface area contributed by atoms with Gasteiger partial charge in [-0.05, 0) is 18.4 Å². The number of carbonyl (C=O) groups excluding carboxylic acids is 1. The molecule has 2 nitrogen and oxygen atoms in total. The maximum Gasteiger partial charge on any atom is 0.220 e. The van der Waals surface area contributed by atoms with Crippen LogP contribution < -0.4 is 5.73 Å². The van der Waals surface area contributed by atoms with Gasteiger partial charge in [0.05, 0.1) is 0 Å². The van der Waals surface area contributed by atoms with Gasteiger partial charge in [-0.2, -0.15) is 0 Å². The van der Waals surface area contributed by atoms with Crippen molar-refractivity contribution in [1.29, 1.82) is 0 Å². The molecule has 154 valence electrons. The molecule has 27 heavy (non-hydrogen) atoms. The summed E-state index contributed by atoms with van der Waals surface area (Å²) >= 11 is 0. The highest BCUT2D eigenvalue weighted by molar-refractivity contribution is 5.76. The topological polar surface area (TPSA) is 43.1 Å². The fraction of sp³-hybridized carbons (Fsp3) is 0.720. The van der Waals surface area contributed by atoms with E-state index in [9.17, 15) is 4.79 Å². The van der Waals surface area contributed by atoms with Crippen LogP contribution in [0.4, 0.5) is 0 Å². The minimum Gasteiger partial charge on any atom is -0.369 e. The summed E-state index contributed by atoms with van der Waals surface area (Å²) in [6.07, 6.45) is 20.8. The average molecular weight is 374 g/mol. The van der Waals surface area contributed by atoms with Crippen LogP contribution in [0, 0.1) is 5.92 Å². The van der Waals surface area contributed by atoms with Crippen LogP contribution >= 0.6 is 0 Å². The van der Waals surface area contributed by atoms with E-state index in [0.29, 0.717) is 0 Å². The number of nitrogens with two attached hydrogens (primary N) is 1. The zero-order chi connectivity index (χ0) is 19.6. The van der Waals surface area contributed by atoms with Crippen LogP contribution in [-0.4, -0.2) is 5.91 Å². The Labute approximate surface area is 168 Å². The number of hydrogen-bond acceptors (Lipinski definition) is 1. The van der Waals surface area contributed by atoms with Crippen LogP contribution in [0.3, 0.4) is 0 Å². The van der Waals surface area contributed by atoms with Gasteiger partial charge in [-0.25, -0.2) is 0 Å². The largest absolute Gasteiger partial charge is 0.369 e. The molecule has 0 heterocycles. The van der Waals surface area contributed by atoms with Gasteiger partial charge in [0.1, 0.15) is 0 Å². The van der Waals surface area contributed by atoms with E-state index in [4.69, 9.17) is 5.73 Å². The highest BCUT2D eigenvalue weighted by atomic mass is 16.1. The van der Waals surface area contributed by atoms with Gasteiger partial charge >= 0.3 is 0 Å². The van der Waals surface area contributed by atoms with E-state index in [2.05, 4.69) is 19.1 Å². The van der Waals surface area contributed by atoms with E-state index >= 15 is 0 Å². The number of rotatable bonds is 18. The molecule has 1 aromatic rings. The lowest BCUT2D eigenvalue weighted by molar-refractivity contribution is -0.122. The van der Waals surface area contributed by atoms with Crippen molar-refractivity contribution in [1.82, 2.24) is 0 Å². The van der Waals surface area contributed by atoms with Crippen molar-refractivity contribution in [3.63, 3.8) is 0 Å². The molecule has 0 saturated carbocycles. The molecule has 1 amide bonds. The first-order chi connectivity index (χ1) is 13.2. The van der Waals surface area contributed by atoms with Gasteiger partial charge in [0.15, 0.2) is 0 Å². The highest BCUT2D eigenvalue weighted by Gasteiger charge is 2.15. The summed E-state index contributed by atoms with van der Waals surface area (Å²) in [5.74, 6) is -0.154. The van der Waals surface area contributed by atoms with Gasteiger partial charge in [-0.15, -0.1) is 0 Å². The van der Waals surface area contributed by atoms with Crippen LogP contribution in [0.25, 0.3) is 0 Å². The Kier molecular flexibility index (Phi) is 14.8. The second-order valence-electron chi connectivity index (χ2n) is 8.17. The maximum atomic E-state index is 11.7. The number of hydrogen-bond donors (Lipinski definition) is 1. The molecule has 1 aromatic carbocycles. The van der Waals surface area contributed by atoms with Gasteiger partial charge in [0, 0.05) is 5.92 Å². The van der Waals surface area contributed by atoms with Crippen molar-refractivity contribution in [3.8, 4) is 0 Å². The lowest BCUT2D eigenvalue weighted by Crippen LogP contribution is -2.25.